The molecule has 6 atom stereocenters. The van der Waals surface area contributed by atoms with E-state index in [4.69, 9.17) is 21.4 Å². The van der Waals surface area contributed by atoms with Crippen LogP contribution >= 0.6 is 7.37 Å². The number of rotatable bonds is 9. The molecule has 34 heavy (non-hydrogen) atoms. The van der Waals surface area contributed by atoms with Crippen molar-refractivity contribution in [2.24, 2.45) is 23.7 Å². The highest BCUT2D eigenvalue weighted by Gasteiger charge is 2.53. The fourth-order valence-electron chi connectivity index (χ4n) is 5.28. The molecule has 8 heteroatoms. The van der Waals surface area contributed by atoms with E-state index in [1.807, 2.05) is 12.1 Å². The van der Waals surface area contributed by atoms with Gasteiger partial charge in [-0.1, -0.05) is 58.1 Å². The second-order valence-corrected chi connectivity index (χ2v) is 13.0. The smallest absolute Gasteiger partial charge is 0.200 e. The Morgan fingerprint density at radius 3 is 2.85 bits per heavy atom. The first kappa shape index (κ1) is 25.0. The number of anilines is 1. The number of hydrogen-bond donors (Lipinski definition) is 1. The Bertz CT molecular complexity index is 1150. The van der Waals surface area contributed by atoms with E-state index < -0.39 is 13.0 Å². The lowest BCUT2D eigenvalue weighted by molar-refractivity contribution is -0.0400. The Morgan fingerprint density at radius 2 is 2.21 bits per heavy atom. The zero-order valence-corrected chi connectivity index (χ0v) is 21.6. The average molecular weight is 485 g/mol. The van der Waals surface area contributed by atoms with Crippen molar-refractivity contribution < 1.29 is 13.8 Å². The largest absolute Gasteiger partial charge is 0.382 e. The number of nitrogens with zero attached hydrogens (tertiary/aromatic N) is 3. The van der Waals surface area contributed by atoms with E-state index in [1.54, 1.807) is 11.2 Å². The molecule has 184 valence electrons. The molecule has 0 bridgehead atoms. The van der Waals surface area contributed by atoms with Crippen LogP contribution in [0.4, 0.5) is 5.82 Å². The molecule has 1 saturated heterocycles. The highest BCUT2D eigenvalue weighted by molar-refractivity contribution is 7.58. The Balaban J connectivity index is 1.45. The van der Waals surface area contributed by atoms with Crippen molar-refractivity contribution in [1.82, 2.24) is 14.6 Å². The van der Waals surface area contributed by atoms with Gasteiger partial charge in [-0.3, -0.25) is 4.57 Å². The first-order valence-electron chi connectivity index (χ1n) is 12.2. The molecule has 7 nitrogen and oxygen atoms in total. The van der Waals surface area contributed by atoms with Crippen molar-refractivity contribution in [2.45, 2.75) is 58.2 Å². The van der Waals surface area contributed by atoms with Crippen LogP contribution in [0.5, 0.6) is 0 Å². The monoisotopic (exact) mass is 484 g/mol. The lowest BCUT2D eigenvalue weighted by atomic mass is 9.79. The molecule has 0 aromatic carbocycles. The fourth-order valence-corrected chi connectivity index (χ4v) is 7.10. The van der Waals surface area contributed by atoms with Gasteiger partial charge in [-0.15, -0.1) is 6.42 Å². The molecule has 2 N–H and O–H groups in total. The second-order valence-electron chi connectivity index (χ2n) is 10.4. The van der Waals surface area contributed by atoms with Gasteiger partial charge in [0, 0.05) is 18.7 Å². The highest BCUT2D eigenvalue weighted by atomic mass is 31.2. The number of aromatic nitrogens is 3. The number of terminal acetylenes is 1. The minimum Gasteiger partial charge on any atom is -0.382 e. The van der Waals surface area contributed by atoms with E-state index >= 15 is 0 Å². The van der Waals surface area contributed by atoms with Gasteiger partial charge in [0.05, 0.1) is 18.4 Å². The van der Waals surface area contributed by atoms with E-state index in [0.29, 0.717) is 17.5 Å². The van der Waals surface area contributed by atoms with Crippen LogP contribution in [0.3, 0.4) is 0 Å². The van der Waals surface area contributed by atoms with Gasteiger partial charge in [0.25, 0.3) is 0 Å². The fraction of sp³-hybridized carbons (Fsp3) is 0.615. The molecule has 2 fully saturated rings. The molecule has 0 amide bonds. The molecule has 1 unspecified atom stereocenters. The second kappa shape index (κ2) is 9.49. The van der Waals surface area contributed by atoms with Crippen molar-refractivity contribution >= 4 is 18.7 Å². The minimum absolute atomic E-state index is 0.0159. The van der Waals surface area contributed by atoms with Crippen LogP contribution in [0, 0.1) is 36.0 Å². The topological polar surface area (TPSA) is 91.7 Å². The van der Waals surface area contributed by atoms with Gasteiger partial charge >= 0.3 is 0 Å². The van der Waals surface area contributed by atoms with Gasteiger partial charge in [0.2, 0.25) is 7.37 Å². The van der Waals surface area contributed by atoms with Crippen LogP contribution < -0.4 is 5.73 Å². The van der Waals surface area contributed by atoms with E-state index in [2.05, 4.69) is 43.4 Å². The van der Waals surface area contributed by atoms with Gasteiger partial charge in [0.15, 0.2) is 11.4 Å². The Morgan fingerprint density at radius 1 is 1.47 bits per heavy atom. The van der Waals surface area contributed by atoms with Gasteiger partial charge in [-0.25, -0.2) is 9.50 Å². The zero-order chi connectivity index (χ0) is 24.7. The molecule has 2 aromatic rings. The van der Waals surface area contributed by atoms with Gasteiger partial charge in [0.1, 0.15) is 11.8 Å². The number of fused-ring (bicyclic) bond motifs is 1. The molecular weight excluding hydrogens is 447 g/mol. The standard InChI is InChI=1S/C26H37N4O3P/c1-7-26(24-12-11-22-25(27)28-16-29-30(22)24)20(5)19(4)23(33-26)14-32-34(6,31)15-18(3)17(2)13-21-9-8-10-21/h1,11-12,16,18-21,23H,2,8-10,13-15H2,3-6H3,(H2,27,28,29)/t18-,19+,20-,23-,26-,34?/m1/s1. The van der Waals surface area contributed by atoms with Crippen molar-refractivity contribution in [2.75, 3.05) is 25.2 Å². The summed E-state index contributed by atoms with van der Waals surface area (Å²) in [5, 5.41) is 4.36. The predicted octanol–water partition coefficient (Wildman–Crippen LogP) is 5.12. The molecular formula is C26H37N4O3P. The van der Waals surface area contributed by atoms with Crippen LogP contribution in [-0.4, -0.2) is 40.1 Å². The molecule has 1 aliphatic carbocycles. The van der Waals surface area contributed by atoms with Crippen LogP contribution in [0.15, 0.2) is 30.6 Å². The molecule has 2 aromatic heterocycles. The Labute approximate surface area is 202 Å². The maximum absolute atomic E-state index is 13.3. The zero-order valence-electron chi connectivity index (χ0n) is 20.7. The maximum atomic E-state index is 13.3. The maximum Gasteiger partial charge on any atom is 0.200 e. The summed E-state index contributed by atoms with van der Waals surface area (Å²) in [6.45, 7) is 12.5. The van der Waals surface area contributed by atoms with E-state index in [0.717, 1.165) is 18.0 Å². The van der Waals surface area contributed by atoms with Gasteiger partial charge in [-0.05, 0) is 36.3 Å². The summed E-state index contributed by atoms with van der Waals surface area (Å²) < 4.78 is 27.6. The van der Waals surface area contributed by atoms with Crippen LogP contribution in [0.1, 0.15) is 52.1 Å². The average Bonchev–Trinajstić information content (AvgIpc) is 3.30. The summed E-state index contributed by atoms with van der Waals surface area (Å²) in [7, 11) is -2.83. The molecule has 0 radical (unpaired) electrons. The minimum atomic E-state index is -2.83. The summed E-state index contributed by atoms with van der Waals surface area (Å²) in [5.74, 6) is 4.27. The van der Waals surface area contributed by atoms with Crippen molar-refractivity contribution in [3.8, 4) is 12.3 Å². The summed E-state index contributed by atoms with van der Waals surface area (Å²) in [4.78, 5) is 4.06. The summed E-state index contributed by atoms with van der Waals surface area (Å²) in [6, 6.07) is 3.75. The normalized spacial score (nSPS) is 29.9. The van der Waals surface area contributed by atoms with E-state index in [1.165, 1.54) is 31.2 Å². The molecule has 1 saturated carbocycles. The SMILES string of the molecule is C#C[C@@]1(c2ccc3c(N)ncnn23)O[C@H](COP(C)(=O)C[C@@H](C)C(=C)CC2CCC2)[C@@H](C)[C@H]1C. The summed E-state index contributed by atoms with van der Waals surface area (Å²) in [6.07, 6.45) is 12.6. The van der Waals surface area contributed by atoms with Crippen molar-refractivity contribution in [3.05, 3.63) is 36.3 Å². The molecule has 3 heterocycles. The summed E-state index contributed by atoms with van der Waals surface area (Å²) in [5.41, 5.74) is 7.62. The molecule has 4 rings (SSSR count). The van der Waals surface area contributed by atoms with Gasteiger partial charge in [-0.2, -0.15) is 5.10 Å². The molecule has 2 aliphatic rings. The lowest BCUT2D eigenvalue weighted by Crippen LogP contribution is -2.32. The highest BCUT2D eigenvalue weighted by Crippen LogP contribution is 2.51. The van der Waals surface area contributed by atoms with E-state index in [-0.39, 0.29) is 30.5 Å². The lowest BCUT2D eigenvalue weighted by Gasteiger charge is -2.29. The number of nitrogen functional groups attached to an aromatic ring is 1. The number of hydrogen-bond acceptors (Lipinski definition) is 6. The number of allylic oxidation sites excluding steroid dienone is 1. The van der Waals surface area contributed by atoms with Gasteiger partial charge < -0.3 is 15.0 Å². The molecule has 0 spiro atoms. The van der Waals surface area contributed by atoms with Crippen LogP contribution in [0.25, 0.3) is 5.52 Å². The van der Waals surface area contributed by atoms with Crippen LogP contribution in [-0.2, 0) is 19.4 Å². The van der Waals surface area contributed by atoms with Crippen LogP contribution in [0.2, 0.25) is 0 Å². The predicted molar refractivity (Wildman–Crippen MR) is 136 cm³/mol. The number of ether oxygens (including phenoxy) is 1. The first-order chi connectivity index (χ1) is 16.1. The molecule has 1 aliphatic heterocycles. The first-order valence-corrected chi connectivity index (χ1v) is 14.5. The summed E-state index contributed by atoms with van der Waals surface area (Å²) >= 11 is 0. The Hall–Kier alpha value is -2.13. The van der Waals surface area contributed by atoms with E-state index in [9.17, 15) is 4.57 Å². The third-order valence-corrected chi connectivity index (χ3v) is 9.93. The third-order valence-electron chi connectivity index (χ3n) is 8.02. The quantitative estimate of drug-likeness (QED) is 0.302. The van der Waals surface area contributed by atoms with Crippen molar-refractivity contribution in [1.29, 1.82) is 0 Å². The van der Waals surface area contributed by atoms with Crippen molar-refractivity contribution in [3.63, 3.8) is 0 Å². The Kier molecular flexibility index (Phi) is 6.97. The third kappa shape index (κ3) is 4.56. The number of nitrogens with two attached hydrogens (primary N) is 1.